The van der Waals surface area contributed by atoms with E-state index in [-0.39, 0.29) is 11.8 Å². The van der Waals surface area contributed by atoms with Crippen molar-refractivity contribution in [2.75, 3.05) is 36.4 Å². The average Bonchev–Trinajstić information content (AvgIpc) is 2.70. The van der Waals surface area contributed by atoms with Crippen molar-refractivity contribution < 1.29 is 9.59 Å². The first-order chi connectivity index (χ1) is 13.9. The summed E-state index contributed by atoms with van der Waals surface area (Å²) in [4.78, 5) is 28.7. The highest BCUT2D eigenvalue weighted by Gasteiger charge is 2.22. The first-order valence-corrected chi connectivity index (χ1v) is 10.5. The van der Waals surface area contributed by atoms with Crippen LogP contribution in [-0.2, 0) is 4.79 Å². The smallest absolute Gasteiger partial charge is 0.255 e. The lowest BCUT2D eigenvalue weighted by Crippen LogP contribution is -2.48. The van der Waals surface area contributed by atoms with E-state index in [1.807, 2.05) is 56.0 Å². The molecule has 6 heteroatoms. The van der Waals surface area contributed by atoms with Gasteiger partial charge in [0.05, 0.1) is 10.7 Å². The third-order valence-corrected chi connectivity index (χ3v) is 5.71. The van der Waals surface area contributed by atoms with Crippen molar-refractivity contribution in [3.8, 4) is 0 Å². The van der Waals surface area contributed by atoms with Gasteiger partial charge in [0.2, 0.25) is 5.91 Å². The van der Waals surface area contributed by atoms with Crippen LogP contribution in [0, 0.1) is 13.8 Å². The predicted octanol–water partition coefficient (Wildman–Crippen LogP) is 4.66. The highest BCUT2D eigenvalue weighted by molar-refractivity contribution is 6.33. The average molecular weight is 414 g/mol. The first kappa shape index (κ1) is 21.2. The molecule has 29 heavy (non-hydrogen) atoms. The lowest BCUT2D eigenvalue weighted by molar-refractivity contribution is -0.131. The van der Waals surface area contributed by atoms with Crippen molar-refractivity contribution in [3.05, 3.63) is 58.1 Å². The number of nitrogens with zero attached hydrogens (tertiary/aromatic N) is 2. The van der Waals surface area contributed by atoms with Gasteiger partial charge < -0.3 is 15.1 Å². The molecule has 0 bridgehead atoms. The summed E-state index contributed by atoms with van der Waals surface area (Å²) < 4.78 is 0. The van der Waals surface area contributed by atoms with Crippen LogP contribution in [0.4, 0.5) is 11.4 Å². The molecule has 1 saturated heterocycles. The van der Waals surface area contributed by atoms with Gasteiger partial charge in [-0.05, 0) is 61.7 Å². The molecule has 1 fully saturated rings. The van der Waals surface area contributed by atoms with E-state index < -0.39 is 0 Å². The van der Waals surface area contributed by atoms with Crippen molar-refractivity contribution in [2.45, 2.75) is 33.6 Å². The zero-order valence-corrected chi connectivity index (χ0v) is 18.1. The Kier molecular flexibility index (Phi) is 6.80. The number of hydrogen-bond acceptors (Lipinski definition) is 3. The van der Waals surface area contributed by atoms with Crippen molar-refractivity contribution in [1.82, 2.24) is 4.90 Å². The summed E-state index contributed by atoms with van der Waals surface area (Å²) in [6, 6.07) is 11.2. The minimum Gasteiger partial charge on any atom is -0.367 e. The fourth-order valence-electron chi connectivity index (χ4n) is 3.50. The molecule has 5 nitrogen and oxygen atoms in total. The van der Waals surface area contributed by atoms with Gasteiger partial charge in [-0.25, -0.2) is 0 Å². The van der Waals surface area contributed by atoms with E-state index in [0.29, 0.717) is 35.8 Å². The van der Waals surface area contributed by atoms with Crippen LogP contribution in [0.5, 0.6) is 0 Å². The molecule has 1 aliphatic rings. The Balaban J connectivity index is 1.64. The number of anilines is 2. The van der Waals surface area contributed by atoms with Gasteiger partial charge in [-0.3, -0.25) is 9.59 Å². The number of carbonyl (C=O) groups excluding carboxylic acids is 2. The molecule has 2 aromatic carbocycles. The van der Waals surface area contributed by atoms with Gasteiger partial charge in [0.25, 0.3) is 5.91 Å². The van der Waals surface area contributed by atoms with Crippen LogP contribution < -0.4 is 10.2 Å². The summed E-state index contributed by atoms with van der Waals surface area (Å²) >= 11 is 6.51. The summed E-state index contributed by atoms with van der Waals surface area (Å²) in [6.07, 6.45) is 1.48. The van der Waals surface area contributed by atoms with Crippen LogP contribution in [0.15, 0.2) is 36.4 Å². The van der Waals surface area contributed by atoms with Crippen molar-refractivity contribution in [1.29, 1.82) is 0 Å². The second-order valence-electron chi connectivity index (χ2n) is 7.54. The molecule has 0 unspecified atom stereocenters. The molecule has 2 aromatic rings. The SMILES string of the molecule is CCCC(=O)N1CCN(c2ccc(NC(=O)c3ccc(C)c(C)c3)cc2Cl)CC1. The highest BCUT2D eigenvalue weighted by atomic mass is 35.5. The number of carbonyl (C=O) groups is 2. The Morgan fingerprint density at radius 1 is 1.00 bits per heavy atom. The number of amides is 2. The van der Waals surface area contributed by atoms with Crippen LogP contribution in [0.1, 0.15) is 41.3 Å². The molecule has 0 spiro atoms. The van der Waals surface area contributed by atoms with Gasteiger partial charge >= 0.3 is 0 Å². The molecule has 2 amide bonds. The van der Waals surface area contributed by atoms with Gasteiger partial charge in [-0.2, -0.15) is 0 Å². The Bertz CT molecular complexity index is 905. The molecule has 0 aromatic heterocycles. The Hall–Kier alpha value is -2.53. The number of nitrogens with one attached hydrogen (secondary N) is 1. The van der Waals surface area contributed by atoms with E-state index in [2.05, 4.69) is 10.2 Å². The molecule has 1 heterocycles. The largest absolute Gasteiger partial charge is 0.367 e. The van der Waals surface area contributed by atoms with Crippen molar-refractivity contribution >= 4 is 34.8 Å². The molecule has 0 aliphatic carbocycles. The van der Waals surface area contributed by atoms with E-state index >= 15 is 0 Å². The summed E-state index contributed by atoms with van der Waals surface area (Å²) in [6.45, 7) is 8.96. The van der Waals surface area contributed by atoms with Gasteiger partial charge in [-0.15, -0.1) is 0 Å². The van der Waals surface area contributed by atoms with Gasteiger partial charge in [0.1, 0.15) is 0 Å². The number of aryl methyl sites for hydroxylation is 2. The lowest BCUT2D eigenvalue weighted by Gasteiger charge is -2.36. The van der Waals surface area contributed by atoms with Crippen LogP contribution in [0.2, 0.25) is 5.02 Å². The van der Waals surface area contributed by atoms with E-state index in [1.165, 1.54) is 0 Å². The zero-order valence-electron chi connectivity index (χ0n) is 17.3. The number of halogens is 1. The minimum absolute atomic E-state index is 0.153. The minimum atomic E-state index is -0.153. The Morgan fingerprint density at radius 2 is 1.72 bits per heavy atom. The van der Waals surface area contributed by atoms with Crippen molar-refractivity contribution in [3.63, 3.8) is 0 Å². The zero-order chi connectivity index (χ0) is 21.0. The summed E-state index contributed by atoms with van der Waals surface area (Å²) in [5.41, 5.74) is 4.46. The third-order valence-electron chi connectivity index (χ3n) is 5.41. The number of rotatable bonds is 5. The monoisotopic (exact) mass is 413 g/mol. The number of benzene rings is 2. The van der Waals surface area contributed by atoms with E-state index in [4.69, 9.17) is 11.6 Å². The fourth-order valence-corrected chi connectivity index (χ4v) is 3.80. The normalized spacial score (nSPS) is 14.1. The summed E-state index contributed by atoms with van der Waals surface area (Å²) in [5, 5.41) is 3.51. The molecule has 1 aliphatic heterocycles. The number of piperazine rings is 1. The molecular formula is C23H28ClN3O2. The van der Waals surface area contributed by atoms with E-state index in [1.54, 1.807) is 6.07 Å². The van der Waals surface area contributed by atoms with Gasteiger partial charge in [-0.1, -0.05) is 24.6 Å². The molecular weight excluding hydrogens is 386 g/mol. The Labute approximate surface area is 177 Å². The van der Waals surface area contributed by atoms with Crippen LogP contribution in [0.3, 0.4) is 0 Å². The third kappa shape index (κ3) is 5.10. The maximum Gasteiger partial charge on any atom is 0.255 e. The molecule has 0 saturated carbocycles. The van der Waals surface area contributed by atoms with Crippen molar-refractivity contribution in [2.24, 2.45) is 0 Å². The fraction of sp³-hybridized carbons (Fsp3) is 0.391. The van der Waals surface area contributed by atoms with Gasteiger partial charge in [0, 0.05) is 43.9 Å². The van der Waals surface area contributed by atoms with Gasteiger partial charge in [0.15, 0.2) is 0 Å². The van der Waals surface area contributed by atoms with Crippen LogP contribution in [-0.4, -0.2) is 42.9 Å². The Morgan fingerprint density at radius 3 is 2.34 bits per heavy atom. The van der Waals surface area contributed by atoms with Crippen LogP contribution >= 0.6 is 11.6 Å². The molecule has 0 atom stereocenters. The second-order valence-corrected chi connectivity index (χ2v) is 7.94. The maximum absolute atomic E-state index is 12.5. The highest BCUT2D eigenvalue weighted by Crippen LogP contribution is 2.30. The van der Waals surface area contributed by atoms with E-state index in [9.17, 15) is 9.59 Å². The molecule has 1 N–H and O–H groups in total. The second kappa shape index (κ2) is 9.31. The predicted molar refractivity (Wildman–Crippen MR) is 119 cm³/mol. The summed E-state index contributed by atoms with van der Waals surface area (Å²) in [5.74, 6) is 0.0719. The standard InChI is InChI=1S/C23H28ClN3O2/c1-4-5-22(28)27-12-10-26(11-13-27)21-9-8-19(15-20(21)24)25-23(29)18-7-6-16(2)17(3)14-18/h6-9,14-15H,4-5,10-13H2,1-3H3,(H,25,29). The topological polar surface area (TPSA) is 52.7 Å². The lowest BCUT2D eigenvalue weighted by atomic mass is 10.1. The summed E-state index contributed by atoms with van der Waals surface area (Å²) in [7, 11) is 0. The number of hydrogen-bond donors (Lipinski definition) is 1. The molecule has 0 radical (unpaired) electrons. The quantitative estimate of drug-likeness (QED) is 0.775. The molecule has 3 rings (SSSR count). The maximum atomic E-state index is 12.5. The van der Waals surface area contributed by atoms with E-state index in [0.717, 1.165) is 36.3 Å². The van der Waals surface area contributed by atoms with Crippen LogP contribution in [0.25, 0.3) is 0 Å². The first-order valence-electron chi connectivity index (χ1n) is 10.1. The molecule has 154 valence electrons.